The molecule has 0 aromatic heterocycles. The zero-order chi connectivity index (χ0) is 15.1. The van der Waals surface area contributed by atoms with E-state index in [1.807, 2.05) is 67.6 Å². The monoisotopic (exact) mass is 278 g/mol. The zero-order valence-electron chi connectivity index (χ0n) is 12.1. The summed E-state index contributed by atoms with van der Waals surface area (Å²) in [7, 11) is 0. The maximum Gasteiger partial charge on any atom is 0.244 e. The number of hydrogen-bond donors (Lipinski definition) is 0. The van der Waals surface area contributed by atoms with Gasteiger partial charge in [-0.05, 0) is 18.1 Å². The molecule has 1 atom stereocenters. The predicted molar refractivity (Wildman–Crippen MR) is 82.3 cm³/mol. The Bertz CT molecular complexity index is 617. The molecule has 106 valence electrons. The van der Waals surface area contributed by atoms with Gasteiger partial charge in [0.2, 0.25) is 5.91 Å². The van der Waals surface area contributed by atoms with Crippen molar-refractivity contribution in [3.63, 3.8) is 0 Å². The summed E-state index contributed by atoms with van der Waals surface area (Å²) in [4.78, 5) is 14.3. The zero-order valence-corrected chi connectivity index (χ0v) is 12.1. The molecule has 0 spiro atoms. The average molecular weight is 278 g/mol. The summed E-state index contributed by atoms with van der Waals surface area (Å²) in [5.41, 5.74) is 1.81. The summed E-state index contributed by atoms with van der Waals surface area (Å²) in [6, 6.07) is 21.2. The van der Waals surface area contributed by atoms with Crippen molar-refractivity contribution in [2.75, 3.05) is 6.54 Å². The van der Waals surface area contributed by atoms with E-state index in [0.717, 1.165) is 11.1 Å². The first kappa shape index (κ1) is 14.8. The molecule has 0 aliphatic heterocycles. The molecule has 1 unspecified atom stereocenters. The second kappa shape index (κ2) is 7.25. The standard InChI is InChI=1S/C18H18N2O/c1-2-20(14-15-9-5-3-6-10-15)18(21)17(13-19)16-11-7-4-8-12-16/h3-12,17H,2,14H2,1H3. The minimum Gasteiger partial charge on any atom is -0.337 e. The number of benzene rings is 2. The molecule has 3 heteroatoms. The molecular weight excluding hydrogens is 260 g/mol. The Kier molecular flexibility index (Phi) is 5.11. The lowest BCUT2D eigenvalue weighted by atomic mass is 9.99. The predicted octanol–water partition coefficient (Wildman–Crippen LogP) is 3.34. The number of rotatable bonds is 5. The Balaban J connectivity index is 2.17. The van der Waals surface area contributed by atoms with E-state index >= 15 is 0 Å². The van der Waals surface area contributed by atoms with Crippen molar-refractivity contribution >= 4 is 5.91 Å². The first-order valence-electron chi connectivity index (χ1n) is 7.03. The van der Waals surface area contributed by atoms with Crippen LogP contribution in [-0.4, -0.2) is 17.4 Å². The third-order valence-electron chi connectivity index (χ3n) is 3.42. The number of carbonyl (C=O) groups excluding carboxylic acids is 1. The first-order chi connectivity index (χ1) is 10.3. The van der Waals surface area contributed by atoms with Crippen LogP contribution in [0.1, 0.15) is 24.0 Å². The van der Waals surface area contributed by atoms with Crippen molar-refractivity contribution in [3.05, 3.63) is 71.8 Å². The minimum absolute atomic E-state index is 0.143. The second-order valence-corrected chi connectivity index (χ2v) is 4.81. The molecule has 0 N–H and O–H groups in total. The van der Waals surface area contributed by atoms with Crippen LogP contribution in [0.25, 0.3) is 0 Å². The molecule has 2 aromatic rings. The van der Waals surface area contributed by atoms with Crippen molar-refractivity contribution in [3.8, 4) is 6.07 Å². The third-order valence-corrected chi connectivity index (χ3v) is 3.42. The van der Waals surface area contributed by atoms with Gasteiger partial charge >= 0.3 is 0 Å². The number of nitrogens with zero attached hydrogens (tertiary/aromatic N) is 2. The fourth-order valence-corrected chi connectivity index (χ4v) is 2.25. The number of amides is 1. The Morgan fingerprint density at radius 2 is 1.67 bits per heavy atom. The van der Waals surface area contributed by atoms with Crippen LogP contribution in [0, 0.1) is 11.3 Å². The quantitative estimate of drug-likeness (QED) is 0.842. The molecule has 3 nitrogen and oxygen atoms in total. The largest absolute Gasteiger partial charge is 0.337 e. The highest BCUT2D eigenvalue weighted by Gasteiger charge is 2.24. The maximum atomic E-state index is 12.6. The number of hydrogen-bond acceptors (Lipinski definition) is 2. The van der Waals surface area contributed by atoms with Gasteiger partial charge in [-0.25, -0.2) is 0 Å². The van der Waals surface area contributed by atoms with E-state index in [2.05, 4.69) is 6.07 Å². The summed E-state index contributed by atoms with van der Waals surface area (Å²) in [6.45, 7) is 3.04. The smallest absolute Gasteiger partial charge is 0.244 e. The molecule has 0 heterocycles. The van der Waals surface area contributed by atoms with Crippen LogP contribution in [0.15, 0.2) is 60.7 Å². The van der Waals surface area contributed by atoms with Gasteiger partial charge in [-0.1, -0.05) is 60.7 Å². The third kappa shape index (κ3) is 3.70. The van der Waals surface area contributed by atoms with Gasteiger partial charge in [0.25, 0.3) is 0 Å². The van der Waals surface area contributed by atoms with Gasteiger partial charge in [0, 0.05) is 13.1 Å². The highest BCUT2D eigenvalue weighted by atomic mass is 16.2. The average Bonchev–Trinajstić information content (AvgIpc) is 2.55. The molecule has 0 saturated carbocycles. The summed E-state index contributed by atoms with van der Waals surface area (Å²) < 4.78 is 0. The van der Waals surface area contributed by atoms with Crippen molar-refractivity contribution in [1.82, 2.24) is 4.90 Å². The fraction of sp³-hybridized carbons (Fsp3) is 0.222. The molecular formula is C18H18N2O. The van der Waals surface area contributed by atoms with Crippen LogP contribution >= 0.6 is 0 Å². The molecule has 0 fully saturated rings. The Morgan fingerprint density at radius 3 is 2.19 bits per heavy atom. The van der Waals surface area contributed by atoms with Crippen LogP contribution in [0.3, 0.4) is 0 Å². The normalized spacial score (nSPS) is 11.4. The van der Waals surface area contributed by atoms with Gasteiger partial charge < -0.3 is 4.90 Å². The lowest BCUT2D eigenvalue weighted by molar-refractivity contribution is -0.131. The maximum absolute atomic E-state index is 12.6. The molecule has 21 heavy (non-hydrogen) atoms. The number of nitriles is 1. The molecule has 1 amide bonds. The van der Waals surface area contributed by atoms with E-state index in [1.165, 1.54) is 0 Å². The lowest BCUT2D eigenvalue weighted by Gasteiger charge is -2.23. The van der Waals surface area contributed by atoms with E-state index in [-0.39, 0.29) is 5.91 Å². The molecule has 0 aliphatic rings. The van der Waals surface area contributed by atoms with E-state index in [0.29, 0.717) is 13.1 Å². The van der Waals surface area contributed by atoms with E-state index in [9.17, 15) is 10.1 Å². The van der Waals surface area contributed by atoms with Crippen LogP contribution in [0.2, 0.25) is 0 Å². The first-order valence-corrected chi connectivity index (χ1v) is 7.03. The van der Waals surface area contributed by atoms with Crippen LogP contribution < -0.4 is 0 Å². The molecule has 0 radical (unpaired) electrons. The second-order valence-electron chi connectivity index (χ2n) is 4.81. The number of carbonyl (C=O) groups is 1. The lowest BCUT2D eigenvalue weighted by Crippen LogP contribution is -2.34. The Morgan fingerprint density at radius 1 is 1.10 bits per heavy atom. The Hall–Kier alpha value is -2.60. The summed E-state index contributed by atoms with van der Waals surface area (Å²) >= 11 is 0. The van der Waals surface area contributed by atoms with Gasteiger partial charge in [-0.3, -0.25) is 4.79 Å². The highest BCUT2D eigenvalue weighted by molar-refractivity contribution is 5.86. The van der Waals surface area contributed by atoms with E-state index < -0.39 is 5.92 Å². The van der Waals surface area contributed by atoms with Gasteiger partial charge in [-0.15, -0.1) is 0 Å². The van der Waals surface area contributed by atoms with Crippen LogP contribution in [0.5, 0.6) is 0 Å². The van der Waals surface area contributed by atoms with Crippen molar-refractivity contribution < 1.29 is 4.79 Å². The Labute approximate surface area is 125 Å². The highest BCUT2D eigenvalue weighted by Crippen LogP contribution is 2.19. The van der Waals surface area contributed by atoms with Crippen LogP contribution in [0.4, 0.5) is 0 Å². The van der Waals surface area contributed by atoms with Gasteiger partial charge in [0.15, 0.2) is 0 Å². The molecule has 0 bridgehead atoms. The molecule has 2 rings (SSSR count). The van der Waals surface area contributed by atoms with E-state index in [1.54, 1.807) is 4.90 Å². The summed E-state index contributed by atoms with van der Waals surface area (Å²) in [5, 5.41) is 9.36. The van der Waals surface area contributed by atoms with Gasteiger partial charge in [-0.2, -0.15) is 5.26 Å². The van der Waals surface area contributed by atoms with Gasteiger partial charge in [0.05, 0.1) is 6.07 Å². The van der Waals surface area contributed by atoms with Crippen molar-refractivity contribution in [1.29, 1.82) is 5.26 Å². The minimum atomic E-state index is -0.741. The SMILES string of the molecule is CCN(Cc1ccccc1)C(=O)C(C#N)c1ccccc1. The van der Waals surface area contributed by atoms with Crippen molar-refractivity contribution in [2.24, 2.45) is 0 Å². The number of likely N-dealkylation sites (N-methyl/N-ethyl adjacent to an activating group) is 1. The molecule has 0 saturated heterocycles. The van der Waals surface area contributed by atoms with Crippen LogP contribution in [-0.2, 0) is 11.3 Å². The van der Waals surface area contributed by atoms with E-state index in [4.69, 9.17) is 0 Å². The molecule has 0 aliphatic carbocycles. The summed E-state index contributed by atoms with van der Waals surface area (Å²) in [5.74, 6) is -0.884. The molecule has 2 aromatic carbocycles. The fourth-order valence-electron chi connectivity index (χ4n) is 2.25. The van der Waals surface area contributed by atoms with Crippen molar-refractivity contribution in [2.45, 2.75) is 19.4 Å². The topological polar surface area (TPSA) is 44.1 Å². The van der Waals surface area contributed by atoms with Gasteiger partial charge in [0.1, 0.15) is 5.92 Å². The summed E-state index contributed by atoms with van der Waals surface area (Å²) in [6.07, 6.45) is 0.